The minimum absolute atomic E-state index is 0.454. The summed E-state index contributed by atoms with van der Waals surface area (Å²) in [7, 11) is 0. The third-order valence-electron chi connectivity index (χ3n) is 3.45. The molecule has 104 valence electrons. The molecule has 1 aliphatic rings. The Labute approximate surface area is 113 Å². The van der Waals surface area contributed by atoms with Gasteiger partial charge in [0.1, 0.15) is 5.75 Å². The average Bonchev–Trinajstić information content (AvgIpc) is 2.38. The van der Waals surface area contributed by atoms with Crippen LogP contribution in [0.5, 0.6) is 5.75 Å². The summed E-state index contributed by atoms with van der Waals surface area (Å²) in [4.78, 5) is 11.0. The van der Waals surface area contributed by atoms with Crippen molar-refractivity contribution in [1.82, 2.24) is 5.32 Å². The van der Waals surface area contributed by atoms with E-state index in [2.05, 4.69) is 11.4 Å². The van der Waals surface area contributed by atoms with Crippen molar-refractivity contribution < 1.29 is 14.6 Å². The van der Waals surface area contributed by atoms with E-state index in [0.29, 0.717) is 13.1 Å². The van der Waals surface area contributed by atoms with Crippen LogP contribution in [0.1, 0.15) is 31.4 Å². The van der Waals surface area contributed by atoms with Crippen LogP contribution in [0.3, 0.4) is 0 Å². The van der Waals surface area contributed by atoms with Crippen molar-refractivity contribution in [3.8, 4) is 5.75 Å². The fourth-order valence-electron chi connectivity index (χ4n) is 2.12. The summed E-state index contributed by atoms with van der Waals surface area (Å²) >= 11 is 0. The minimum Gasteiger partial charge on any atom is -0.493 e. The second kappa shape index (κ2) is 5.61. The molecule has 1 aliphatic heterocycles. The molecule has 4 nitrogen and oxygen atoms in total. The molecular weight excluding hydrogens is 242 g/mol. The third-order valence-corrected chi connectivity index (χ3v) is 3.45. The zero-order chi connectivity index (χ0) is 13.9. The summed E-state index contributed by atoms with van der Waals surface area (Å²) in [6.45, 7) is 5.39. The Morgan fingerprint density at radius 2 is 2.26 bits per heavy atom. The largest absolute Gasteiger partial charge is 0.493 e. The lowest BCUT2D eigenvalue weighted by Crippen LogP contribution is -2.35. The Morgan fingerprint density at radius 1 is 1.47 bits per heavy atom. The second-order valence-electron chi connectivity index (χ2n) is 5.69. The van der Waals surface area contributed by atoms with E-state index >= 15 is 0 Å². The van der Waals surface area contributed by atoms with Gasteiger partial charge in [-0.15, -0.1) is 0 Å². The summed E-state index contributed by atoms with van der Waals surface area (Å²) in [5.41, 5.74) is 1.69. The van der Waals surface area contributed by atoms with Gasteiger partial charge in [0.15, 0.2) is 0 Å². The van der Waals surface area contributed by atoms with Gasteiger partial charge >= 0.3 is 5.97 Å². The highest BCUT2D eigenvalue weighted by molar-refractivity contribution is 5.73. The molecule has 1 heterocycles. The summed E-state index contributed by atoms with van der Waals surface area (Å²) < 4.78 is 5.57. The molecule has 0 amide bonds. The van der Waals surface area contributed by atoms with Crippen molar-refractivity contribution in [2.75, 3.05) is 13.2 Å². The fraction of sp³-hybridized carbons (Fsp3) is 0.533. The van der Waals surface area contributed by atoms with E-state index in [-0.39, 0.29) is 0 Å². The van der Waals surface area contributed by atoms with E-state index in [9.17, 15) is 4.79 Å². The van der Waals surface area contributed by atoms with E-state index in [1.54, 1.807) is 13.8 Å². The fourth-order valence-corrected chi connectivity index (χ4v) is 2.12. The van der Waals surface area contributed by atoms with Crippen molar-refractivity contribution in [1.29, 1.82) is 0 Å². The van der Waals surface area contributed by atoms with Crippen LogP contribution in [-0.2, 0) is 17.8 Å². The van der Waals surface area contributed by atoms with Gasteiger partial charge in [-0.25, -0.2) is 0 Å². The van der Waals surface area contributed by atoms with Crippen molar-refractivity contribution in [3.63, 3.8) is 0 Å². The molecule has 0 spiro atoms. The molecule has 0 saturated heterocycles. The number of fused-ring (bicyclic) bond motifs is 1. The maximum absolute atomic E-state index is 11.0. The van der Waals surface area contributed by atoms with E-state index in [0.717, 1.165) is 25.2 Å². The number of rotatable bonds is 5. The van der Waals surface area contributed by atoms with Gasteiger partial charge in [-0.3, -0.25) is 4.79 Å². The van der Waals surface area contributed by atoms with E-state index in [1.807, 2.05) is 12.1 Å². The van der Waals surface area contributed by atoms with Crippen LogP contribution in [-0.4, -0.2) is 24.2 Å². The van der Waals surface area contributed by atoms with E-state index in [1.165, 1.54) is 11.1 Å². The molecule has 0 aliphatic carbocycles. The average molecular weight is 263 g/mol. The first kappa shape index (κ1) is 13.9. The Hall–Kier alpha value is -1.55. The molecule has 2 N–H and O–H groups in total. The molecule has 0 unspecified atom stereocenters. The lowest BCUT2D eigenvalue weighted by Gasteiger charge is -2.21. The SMILES string of the molecule is CC(C)(CNCc1ccc2c(c1)CCCO2)C(=O)O. The van der Waals surface area contributed by atoms with Crippen LogP contribution in [0, 0.1) is 5.41 Å². The van der Waals surface area contributed by atoms with E-state index in [4.69, 9.17) is 9.84 Å². The Balaban J connectivity index is 1.92. The number of ether oxygens (including phenoxy) is 1. The molecule has 0 fully saturated rings. The zero-order valence-electron chi connectivity index (χ0n) is 11.5. The molecule has 1 aromatic rings. The molecule has 0 bridgehead atoms. The van der Waals surface area contributed by atoms with Gasteiger partial charge in [0.25, 0.3) is 0 Å². The lowest BCUT2D eigenvalue weighted by molar-refractivity contribution is -0.146. The number of aryl methyl sites for hydroxylation is 1. The van der Waals surface area contributed by atoms with Gasteiger partial charge in [-0.1, -0.05) is 12.1 Å². The first-order chi connectivity index (χ1) is 8.99. The standard InChI is InChI=1S/C15H21NO3/c1-15(2,14(17)18)10-16-9-11-5-6-13-12(8-11)4-3-7-19-13/h5-6,8,16H,3-4,7,9-10H2,1-2H3,(H,17,18). The maximum Gasteiger partial charge on any atom is 0.310 e. The molecule has 19 heavy (non-hydrogen) atoms. The van der Waals surface area contributed by atoms with E-state index < -0.39 is 11.4 Å². The molecule has 0 radical (unpaired) electrons. The highest BCUT2D eigenvalue weighted by Crippen LogP contribution is 2.25. The summed E-state index contributed by atoms with van der Waals surface area (Å²) in [6.07, 6.45) is 2.12. The first-order valence-electron chi connectivity index (χ1n) is 6.68. The Bertz CT molecular complexity index is 468. The van der Waals surface area contributed by atoms with Gasteiger partial charge in [-0.2, -0.15) is 0 Å². The summed E-state index contributed by atoms with van der Waals surface area (Å²) in [6, 6.07) is 6.19. The smallest absolute Gasteiger partial charge is 0.310 e. The van der Waals surface area contributed by atoms with Gasteiger partial charge in [-0.05, 0) is 43.9 Å². The quantitative estimate of drug-likeness (QED) is 0.855. The second-order valence-corrected chi connectivity index (χ2v) is 5.69. The lowest BCUT2D eigenvalue weighted by atomic mass is 9.94. The first-order valence-corrected chi connectivity index (χ1v) is 6.68. The molecule has 2 rings (SSSR count). The highest BCUT2D eigenvalue weighted by Gasteiger charge is 2.26. The third kappa shape index (κ3) is 3.47. The summed E-state index contributed by atoms with van der Waals surface area (Å²) in [5, 5.41) is 12.2. The van der Waals surface area contributed by atoms with Crippen molar-refractivity contribution >= 4 is 5.97 Å². The van der Waals surface area contributed by atoms with Gasteiger partial charge in [0, 0.05) is 13.1 Å². The number of nitrogens with one attached hydrogen (secondary N) is 1. The molecule has 1 aromatic carbocycles. The summed E-state index contributed by atoms with van der Waals surface area (Å²) in [5.74, 6) is 0.208. The van der Waals surface area contributed by atoms with Crippen LogP contribution in [0.25, 0.3) is 0 Å². The van der Waals surface area contributed by atoms with Crippen molar-refractivity contribution in [2.45, 2.75) is 33.2 Å². The van der Waals surface area contributed by atoms with Crippen LogP contribution in [0.2, 0.25) is 0 Å². The maximum atomic E-state index is 11.0. The van der Waals surface area contributed by atoms with Crippen LogP contribution in [0.4, 0.5) is 0 Å². The van der Waals surface area contributed by atoms with Crippen LogP contribution >= 0.6 is 0 Å². The minimum atomic E-state index is -0.779. The topological polar surface area (TPSA) is 58.6 Å². The number of benzene rings is 1. The van der Waals surface area contributed by atoms with Gasteiger partial charge in [0.2, 0.25) is 0 Å². The number of aliphatic carboxylic acids is 1. The predicted molar refractivity (Wildman–Crippen MR) is 73.4 cm³/mol. The number of carboxylic acid groups (broad SMARTS) is 1. The molecule has 4 heteroatoms. The van der Waals surface area contributed by atoms with Gasteiger partial charge in [0.05, 0.1) is 12.0 Å². The van der Waals surface area contributed by atoms with Crippen molar-refractivity contribution in [2.24, 2.45) is 5.41 Å². The number of carboxylic acids is 1. The normalized spacial score (nSPS) is 14.6. The monoisotopic (exact) mass is 263 g/mol. The number of carbonyl (C=O) groups is 1. The zero-order valence-corrected chi connectivity index (χ0v) is 11.5. The molecule has 0 atom stereocenters. The Morgan fingerprint density at radius 3 is 3.00 bits per heavy atom. The molecule has 0 aromatic heterocycles. The van der Waals surface area contributed by atoms with Crippen LogP contribution in [0.15, 0.2) is 18.2 Å². The number of hydrogen-bond acceptors (Lipinski definition) is 3. The highest BCUT2D eigenvalue weighted by atomic mass is 16.5. The van der Waals surface area contributed by atoms with Crippen LogP contribution < -0.4 is 10.1 Å². The molecule has 0 saturated carbocycles. The van der Waals surface area contributed by atoms with Crippen molar-refractivity contribution in [3.05, 3.63) is 29.3 Å². The van der Waals surface area contributed by atoms with Gasteiger partial charge < -0.3 is 15.2 Å². The molecular formula is C15H21NO3. The number of hydrogen-bond donors (Lipinski definition) is 2. The Kier molecular flexibility index (Phi) is 4.10. The predicted octanol–water partition coefficient (Wildman–Crippen LogP) is 2.21.